The van der Waals surface area contributed by atoms with Gasteiger partial charge in [-0.05, 0) is 73.1 Å². The number of benzene rings is 2. The minimum Gasteiger partial charge on any atom is -0.496 e. The molecule has 1 fully saturated rings. The van der Waals surface area contributed by atoms with Gasteiger partial charge in [-0.15, -0.1) is 0 Å². The van der Waals surface area contributed by atoms with Crippen molar-refractivity contribution in [3.63, 3.8) is 0 Å². The van der Waals surface area contributed by atoms with Gasteiger partial charge in [-0.1, -0.05) is 24.3 Å². The smallest absolute Gasteiger partial charge is 0.127 e. The van der Waals surface area contributed by atoms with E-state index >= 15 is 0 Å². The first kappa shape index (κ1) is 21.3. The van der Waals surface area contributed by atoms with Gasteiger partial charge in [-0.3, -0.25) is 0 Å². The molecule has 3 N–H and O–H groups in total. The molecule has 4 nitrogen and oxygen atoms in total. The zero-order chi connectivity index (χ0) is 21.1. The Morgan fingerprint density at radius 1 is 1.17 bits per heavy atom. The van der Waals surface area contributed by atoms with Crippen LogP contribution in [-0.4, -0.2) is 31.0 Å². The molecule has 0 aromatic heterocycles. The van der Waals surface area contributed by atoms with Crippen LogP contribution in [0.25, 0.3) is 0 Å². The standard InChI is InChI=1S/C25H32FNO3/c1-29-24-12-23(26)7-6-22(24)15-30-14-17-2-3-19-11-20(5-4-18(19)10-17)21-8-9-25(27,13-21)16-28/h4-7,11-12,17,21,28H,2-3,8-10,13-16,27H2,1H3/t17-,21+,25-/m1/s1. The van der Waals surface area contributed by atoms with Crippen molar-refractivity contribution in [1.82, 2.24) is 0 Å². The number of aryl methyl sites for hydroxylation is 1. The fourth-order valence-electron chi connectivity index (χ4n) is 5.00. The lowest BCUT2D eigenvalue weighted by molar-refractivity contribution is 0.0809. The van der Waals surface area contributed by atoms with Crippen LogP contribution in [0.4, 0.5) is 4.39 Å². The van der Waals surface area contributed by atoms with Gasteiger partial charge in [0, 0.05) is 17.2 Å². The summed E-state index contributed by atoms with van der Waals surface area (Å²) in [4.78, 5) is 0. The molecule has 2 aromatic rings. The van der Waals surface area contributed by atoms with Crippen LogP contribution in [0.2, 0.25) is 0 Å². The number of hydrogen-bond acceptors (Lipinski definition) is 4. The van der Waals surface area contributed by atoms with Crippen LogP contribution in [0.5, 0.6) is 5.75 Å². The topological polar surface area (TPSA) is 64.7 Å². The zero-order valence-electron chi connectivity index (χ0n) is 17.7. The molecule has 0 aliphatic heterocycles. The van der Waals surface area contributed by atoms with Crippen LogP contribution < -0.4 is 10.5 Å². The van der Waals surface area contributed by atoms with E-state index in [4.69, 9.17) is 15.2 Å². The number of rotatable bonds is 7. The number of halogens is 1. The van der Waals surface area contributed by atoms with Crippen LogP contribution >= 0.6 is 0 Å². The molecule has 0 heterocycles. The molecule has 0 spiro atoms. The van der Waals surface area contributed by atoms with Crippen LogP contribution in [0.3, 0.4) is 0 Å². The third-order valence-electron chi connectivity index (χ3n) is 6.85. The fraction of sp³-hybridized carbons (Fsp3) is 0.520. The maximum absolute atomic E-state index is 13.3. The Morgan fingerprint density at radius 3 is 2.80 bits per heavy atom. The highest BCUT2D eigenvalue weighted by molar-refractivity contribution is 5.37. The Morgan fingerprint density at radius 2 is 2.03 bits per heavy atom. The first-order valence-corrected chi connectivity index (χ1v) is 10.9. The number of nitrogens with two attached hydrogens (primary N) is 1. The van der Waals surface area contributed by atoms with E-state index < -0.39 is 5.54 Å². The van der Waals surface area contributed by atoms with Crippen molar-refractivity contribution in [3.8, 4) is 5.75 Å². The maximum atomic E-state index is 13.3. The summed E-state index contributed by atoms with van der Waals surface area (Å²) in [7, 11) is 1.55. The average molecular weight is 414 g/mol. The second-order valence-electron chi connectivity index (χ2n) is 9.07. The second-order valence-corrected chi connectivity index (χ2v) is 9.07. The quantitative estimate of drug-likeness (QED) is 0.717. The van der Waals surface area contributed by atoms with Gasteiger partial charge in [-0.2, -0.15) is 0 Å². The molecule has 30 heavy (non-hydrogen) atoms. The molecule has 5 heteroatoms. The van der Waals surface area contributed by atoms with Crippen LogP contribution in [0.1, 0.15) is 53.9 Å². The highest BCUT2D eigenvalue weighted by Gasteiger charge is 2.36. The van der Waals surface area contributed by atoms with Gasteiger partial charge in [0.2, 0.25) is 0 Å². The van der Waals surface area contributed by atoms with Crippen LogP contribution in [-0.2, 0) is 24.2 Å². The van der Waals surface area contributed by atoms with Crippen molar-refractivity contribution >= 4 is 0 Å². The molecule has 2 aliphatic carbocycles. The van der Waals surface area contributed by atoms with Crippen molar-refractivity contribution in [1.29, 1.82) is 0 Å². The average Bonchev–Trinajstić information content (AvgIpc) is 3.17. The second kappa shape index (κ2) is 9.04. The Balaban J connectivity index is 1.32. The number of methoxy groups -OCH3 is 1. The summed E-state index contributed by atoms with van der Waals surface area (Å²) in [5.41, 5.74) is 11.0. The molecule has 0 radical (unpaired) electrons. The first-order chi connectivity index (χ1) is 14.5. The van der Waals surface area contributed by atoms with Crippen molar-refractivity contribution in [2.45, 2.75) is 56.6 Å². The Kier molecular flexibility index (Phi) is 6.42. The van der Waals surface area contributed by atoms with Crippen LogP contribution in [0, 0.1) is 11.7 Å². The fourth-order valence-corrected chi connectivity index (χ4v) is 5.00. The normalized spacial score (nSPS) is 25.9. The van der Waals surface area contributed by atoms with Gasteiger partial charge in [0.25, 0.3) is 0 Å². The number of fused-ring (bicyclic) bond motifs is 1. The third-order valence-corrected chi connectivity index (χ3v) is 6.85. The van der Waals surface area contributed by atoms with E-state index in [1.54, 1.807) is 13.2 Å². The zero-order valence-corrected chi connectivity index (χ0v) is 17.7. The van der Waals surface area contributed by atoms with Crippen molar-refractivity contribution in [2.24, 2.45) is 11.7 Å². The summed E-state index contributed by atoms with van der Waals surface area (Å²) in [6.45, 7) is 1.19. The lowest BCUT2D eigenvalue weighted by atomic mass is 9.82. The van der Waals surface area contributed by atoms with E-state index in [1.807, 2.05) is 0 Å². The molecule has 3 atom stereocenters. The Hall–Kier alpha value is -1.95. The van der Waals surface area contributed by atoms with E-state index in [1.165, 1.54) is 28.8 Å². The van der Waals surface area contributed by atoms with Gasteiger partial charge in [0.1, 0.15) is 11.6 Å². The number of hydrogen-bond donors (Lipinski definition) is 2. The summed E-state index contributed by atoms with van der Waals surface area (Å²) in [5.74, 6) is 1.18. The molecule has 0 saturated heterocycles. The van der Waals surface area contributed by atoms with Crippen LogP contribution in [0.15, 0.2) is 36.4 Å². The van der Waals surface area contributed by atoms with Crippen molar-refractivity contribution in [2.75, 3.05) is 20.3 Å². The molecule has 2 aromatic carbocycles. The maximum Gasteiger partial charge on any atom is 0.127 e. The monoisotopic (exact) mass is 413 g/mol. The SMILES string of the molecule is COc1cc(F)ccc1COC[C@@H]1CCc2cc([C@H]3CC[C@](N)(CO)C3)ccc2C1. The number of aliphatic hydroxyl groups is 1. The van der Waals surface area contributed by atoms with E-state index in [0.29, 0.717) is 30.8 Å². The number of ether oxygens (including phenoxy) is 2. The van der Waals surface area contributed by atoms with Gasteiger partial charge < -0.3 is 20.3 Å². The van der Waals surface area contributed by atoms with Gasteiger partial charge >= 0.3 is 0 Å². The molecule has 0 bridgehead atoms. The molecular formula is C25H32FNO3. The molecule has 2 aliphatic rings. The molecule has 4 rings (SSSR count). The van der Waals surface area contributed by atoms with E-state index in [-0.39, 0.29) is 12.4 Å². The van der Waals surface area contributed by atoms with E-state index in [2.05, 4.69) is 18.2 Å². The summed E-state index contributed by atoms with van der Waals surface area (Å²) in [6, 6.07) is 11.4. The summed E-state index contributed by atoms with van der Waals surface area (Å²) in [5, 5.41) is 9.54. The highest BCUT2D eigenvalue weighted by Crippen LogP contribution is 2.40. The van der Waals surface area contributed by atoms with E-state index in [0.717, 1.165) is 44.1 Å². The Bertz CT molecular complexity index is 887. The van der Waals surface area contributed by atoms with Crippen molar-refractivity contribution in [3.05, 3.63) is 64.5 Å². The highest BCUT2D eigenvalue weighted by atomic mass is 19.1. The largest absolute Gasteiger partial charge is 0.496 e. The lowest BCUT2D eigenvalue weighted by Gasteiger charge is -2.26. The minimum absolute atomic E-state index is 0.0694. The van der Waals surface area contributed by atoms with E-state index in [9.17, 15) is 9.50 Å². The molecule has 0 amide bonds. The van der Waals surface area contributed by atoms with Gasteiger partial charge in [0.15, 0.2) is 0 Å². The minimum atomic E-state index is -0.407. The predicted octanol–water partition coefficient (Wildman–Crippen LogP) is 4.11. The van der Waals surface area contributed by atoms with Gasteiger partial charge in [-0.25, -0.2) is 4.39 Å². The summed E-state index contributed by atoms with van der Waals surface area (Å²) in [6.07, 6.45) is 6.02. The van der Waals surface area contributed by atoms with Crippen molar-refractivity contribution < 1.29 is 19.0 Å². The summed E-state index contributed by atoms with van der Waals surface area (Å²) < 4.78 is 24.5. The predicted molar refractivity (Wildman–Crippen MR) is 115 cm³/mol. The first-order valence-electron chi connectivity index (χ1n) is 10.9. The Labute approximate surface area is 178 Å². The molecular weight excluding hydrogens is 381 g/mol. The lowest BCUT2D eigenvalue weighted by Crippen LogP contribution is -2.40. The third kappa shape index (κ3) is 4.69. The summed E-state index contributed by atoms with van der Waals surface area (Å²) >= 11 is 0. The van der Waals surface area contributed by atoms with Gasteiger partial charge in [0.05, 0.1) is 26.9 Å². The molecule has 0 unspecified atom stereocenters. The molecule has 1 saturated carbocycles. The molecule has 162 valence electrons. The number of aliphatic hydroxyl groups excluding tert-OH is 1.